The molecule has 1 aromatic rings. The zero-order valence-electron chi connectivity index (χ0n) is 15.4. The molecule has 0 spiro atoms. The number of hydrogen-bond acceptors (Lipinski definition) is 4. The first-order chi connectivity index (χ1) is 11.5. The highest BCUT2D eigenvalue weighted by Crippen LogP contribution is 2.30. The van der Waals surface area contributed by atoms with E-state index in [2.05, 4.69) is 16.7 Å². The molecule has 3 rings (SSSR count). The van der Waals surface area contributed by atoms with Crippen molar-refractivity contribution < 1.29 is 13.9 Å². The fourth-order valence-corrected chi connectivity index (χ4v) is 4.25. The quantitative estimate of drug-likeness (QED) is 0.849. The Labute approximate surface area is 144 Å². The van der Waals surface area contributed by atoms with Gasteiger partial charge in [0.25, 0.3) is 0 Å². The van der Waals surface area contributed by atoms with Gasteiger partial charge in [-0.2, -0.15) is 0 Å². The summed E-state index contributed by atoms with van der Waals surface area (Å²) in [7, 11) is 0. The maximum atomic E-state index is 13.0. The first kappa shape index (κ1) is 17.5. The average molecular weight is 334 g/mol. The van der Waals surface area contributed by atoms with Gasteiger partial charge in [0.2, 0.25) is 5.91 Å². The van der Waals surface area contributed by atoms with Crippen LogP contribution < -0.4 is 0 Å². The van der Waals surface area contributed by atoms with E-state index in [4.69, 9.17) is 9.15 Å². The summed E-state index contributed by atoms with van der Waals surface area (Å²) in [4.78, 5) is 17.6. The lowest BCUT2D eigenvalue weighted by atomic mass is 9.99. The van der Waals surface area contributed by atoms with Crippen LogP contribution in [0.3, 0.4) is 0 Å². The van der Waals surface area contributed by atoms with Gasteiger partial charge < -0.3 is 14.1 Å². The molecular weight excluding hydrogens is 304 g/mol. The van der Waals surface area contributed by atoms with Gasteiger partial charge in [-0.1, -0.05) is 13.3 Å². The topological polar surface area (TPSA) is 45.9 Å². The Morgan fingerprint density at radius 2 is 2.00 bits per heavy atom. The van der Waals surface area contributed by atoms with Crippen molar-refractivity contribution in [1.82, 2.24) is 9.80 Å². The third kappa shape index (κ3) is 3.38. The van der Waals surface area contributed by atoms with Crippen LogP contribution >= 0.6 is 0 Å². The van der Waals surface area contributed by atoms with Gasteiger partial charge in [0, 0.05) is 37.8 Å². The van der Waals surface area contributed by atoms with Crippen molar-refractivity contribution >= 4 is 5.91 Å². The summed E-state index contributed by atoms with van der Waals surface area (Å²) in [6.07, 6.45) is 1.12. The van der Waals surface area contributed by atoms with E-state index in [1.54, 1.807) is 0 Å². The third-order valence-electron chi connectivity index (χ3n) is 5.67. The Kier molecular flexibility index (Phi) is 5.30. The molecule has 0 unspecified atom stereocenters. The molecule has 134 valence electrons. The normalized spacial score (nSPS) is 26.8. The van der Waals surface area contributed by atoms with E-state index in [0.29, 0.717) is 12.0 Å². The number of rotatable bonds is 4. The molecule has 2 saturated heterocycles. The monoisotopic (exact) mass is 334 g/mol. The first-order valence-corrected chi connectivity index (χ1v) is 9.18. The highest BCUT2D eigenvalue weighted by atomic mass is 16.5. The van der Waals surface area contributed by atoms with Crippen molar-refractivity contribution in [3.63, 3.8) is 0 Å². The Hall–Kier alpha value is -1.33. The summed E-state index contributed by atoms with van der Waals surface area (Å²) in [6, 6.07) is 2.48. The molecule has 2 aliphatic rings. The number of hydrogen-bond donors (Lipinski definition) is 0. The van der Waals surface area contributed by atoms with Gasteiger partial charge in [0.1, 0.15) is 11.5 Å². The van der Waals surface area contributed by atoms with Crippen LogP contribution in [0.2, 0.25) is 0 Å². The molecule has 2 aliphatic heterocycles. The zero-order chi connectivity index (χ0) is 17.3. The van der Waals surface area contributed by atoms with Crippen molar-refractivity contribution in [3.05, 3.63) is 23.2 Å². The minimum atomic E-state index is -0.136. The predicted octanol–water partition coefficient (Wildman–Crippen LogP) is 2.57. The predicted molar refractivity (Wildman–Crippen MR) is 93.1 cm³/mol. The second-order valence-electron chi connectivity index (χ2n) is 7.22. The van der Waals surface area contributed by atoms with E-state index in [0.717, 1.165) is 62.9 Å². The second-order valence-corrected chi connectivity index (χ2v) is 7.22. The fourth-order valence-electron chi connectivity index (χ4n) is 4.25. The molecule has 0 radical (unpaired) electrons. The summed E-state index contributed by atoms with van der Waals surface area (Å²) in [6.45, 7) is 13.4. The SMILES string of the molecule is CC[C@@H]1CN(C(=O)[C@H](C)c2cc(C)oc2C)C[C@@H]1N1CCOCC1. The minimum absolute atomic E-state index is 0.136. The summed E-state index contributed by atoms with van der Waals surface area (Å²) in [5, 5.41) is 0. The van der Waals surface area contributed by atoms with Crippen LogP contribution in [0.15, 0.2) is 10.5 Å². The number of carbonyl (C=O) groups excluding carboxylic acids is 1. The van der Waals surface area contributed by atoms with Gasteiger partial charge in [-0.25, -0.2) is 0 Å². The molecule has 0 bridgehead atoms. The molecule has 1 amide bonds. The van der Waals surface area contributed by atoms with Crippen LogP contribution in [0, 0.1) is 19.8 Å². The van der Waals surface area contributed by atoms with Crippen molar-refractivity contribution in [1.29, 1.82) is 0 Å². The molecule has 2 fully saturated rings. The third-order valence-corrected chi connectivity index (χ3v) is 5.67. The lowest BCUT2D eigenvalue weighted by Crippen LogP contribution is -2.47. The van der Waals surface area contributed by atoms with Crippen LogP contribution in [-0.4, -0.2) is 61.1 Å². The lowest BCUT2D eigenvalue weighted by molar-refractivity contribution is -0.131. The Bertz CT molecular complexity index is 577. The van der Waals surface area contributed by atoms with Gasteiger partial charge in [0.05, 0.1) is 19.1 Å². The zero-order valence-corrected chi connectivity index (χ0v) is 15.4. The maximum absolute atomic E-state index is 13.0. The fraction of sp³-hybridized carbons (Fsp3) is 0.737. The molecule has 3 atom stereocenters. The van der Waals surface area contributed by atoms with Crippen LogP contribution in [0.5, 0.6) is 0 Å². The summed E-state index contributed by atoms with van der Waals surface area (Å²) in [5.74, 6) is 2.40. The minimum Gasteiger partial charge on any atom is -0.466 e. The highest BCUT2D eigenvalue weighted by molar-refractivity contribution is 5.84. The van der Waals surface area contributed by atoms with E-state index in [9.17, 15) is 4.79 Å². The summed E-state index contributed by atoms with van der Waals surface area (Å²) >= 11 is 0. The van der Waals surface area contributed by atoms with Gasteiger partial charge in [-0.15, -0.1) is 0 Å². The molecule has 0 N–H and O–H groups in total. The molecule has 0 saturated carbocycles. The van der Waals surface area contributed by atoms with Crippen LogP contribution in [0.1, 0.15) is 43.3 Å². The largest absolute Gasteiger partial charge is 0.466 e. The molecule has 0 aromatic carbocycles. The van der Waals surface area contributed by atoms with Crippen molar-refractivity contribution in [2.45, 2.75) is 46.1 Å². The van der Waals surface area contributed by atoms with Crippen LogP contribution in [-0.2, 0) is 9.53 Å². The van der Waals surface area contributed by atoms with E-state index >= 15 is 0 Å². The highest BCUT2D eigenvalue weighted by Gasteiger charge is 2.39. The number of furan rings is 1. The lowest BCUT2D eigenvalue weighted by Gasteiger charge is -2.34. The van der Waals surface area contributed by atoms with Gasteiger partial charge in [0.15, 0.2) is 0 Å². The molecule has 24 heavy (non-hydrogen) atoms. The van der Waals surface area contributed by atoms with E-state index in [1.807, 2.05) is 26.8 Å². The van der Waals surface area contributed by atoms with Gasteiger partial charge in [-0.05, 0) is 32.8 Å². The molecule has 1 aromatic heterocycles. The summed E-state index contributed by atoms with van der Waals surface area (Å²) in [5.41, 5.74) is 1.03. The van der Waals surface area contributed by atoms with E-state index in [-0.39, 0.29) is 11.8 Å². The van der Waals surface area contributed by atoms with Crippen molar-refractivity contribution in [2.24, 2.45) is 5.92 Å². The molecule has 5 heteroatoms. The van der Waals surface area contributed by atoms with Gasteiger partial charge in [-0.3, -0.25) is 9.69 Å². The standard InChI is InChI=1S/C19H30N2O3/c1-5-16-11-21(12-18(16)20-6-8-23-9-7-20)19(22)14(3)17-10-13(2)24-15(17)4/h10,14,16,18H,5-9,11-12H2,1-4H3/t14-,16-,18+/m1/s1. The Morgan fingerprint density at radius 3 is 2.58 bits per heavy atom. The Morgan fingerprint density at radius 1 is 1.29 bits per heavy atom. The number of aryl methyl sites for hydroxylation is 2. The molecule has 3 heterocycles. The smallest absolute Gasteiger partial charge is 0.230 e. The second kappa shape index (κ2) is 7.28. The van der Waals surface area contributed by atoms with Crippen LogP contribution in [0.4, 0.5) is 0 Å². The summed E-state index contributed by atoms with van der Waals surface area (Å²) < 4.78 is 11.1. The van der Waals surface area contributed by atoms with Gasteiger partial charge >= 0.3 is 0 Å². The van der Waals surface area contributed by atoms with Crippen molar-refractivity contribution in [3.8, 4) is 0 Å². The maximum Gasteiger partial charge on any atom is 0.230 e. The number of likely N-dealkylation sites (tertiary alicyclic amines) is 1. The average Bonchev–Trinajstić information content (AvgIpc) is 3.17. The molecule has 5 nitrogen and oxygen atoms in total. The number of carbonyl (C=O) groups is 1. The number of nitrogens with zero attached hydrogens (tertiary/aromatic N) is 2. The Balaban J connectivity index is 1.70. The molecular formula is C19H30N2O3. The molecule has 0 aliphatic carbocycles. The van der Waals surface area contributed by atoms with Crippen LogP contribution in [0.25, 0.3) is 0 Å². The van der Waals surface area contributed by atoms with E-state index in [1.165, 1.54) is 0 Å². The van der Waals surface area contributed by atoms with Crippen molar-refractivity contribution in [2.75, 3.05) is 39.4 Å². The first-order valence-electron chi connectivity index (χ1n) is 9.18. The van der Waals surface area contributed by atoms with E-state index < -0.39 is 0 Å². The number of morpholine rings is 1. The number of ether oxygens (including phenoxy) is 1. The number of amides is 1.